The van der Waals surface area contributed by atoms with Gasteiger partial charge in [-0.1, -0.05) is 158 Å². The molecule has 7 nitrogen and oxygen atoms in total. The van der Waals surface area contributed by atoms with Crippen LogP contribution < -0.4 is 0 Å². The minimum atomic E-state index is 0.629. The number of hydrogen-bond acceptors (Lipinski definition) is 4. The van der Waals surface area contributed by atoms with Crippen molar-refractivity contribution in [2.24, 2.45) is 0 Å². The highest BCUT2D eigenvalue weighted by molar-refractivity contribution is 6.09. The van der Waals surface area contributed by atoms with E-state index in [4.69, 9.17) is 19.9 Å². The van der Waals surface area contributed by atoms with Crippen molar-refractivity contribution >= 4 is 38.9 Å². The maximum absolute atomic E-state index is 5.45. The van der Waals surface area contributed by atoms with Crippen molar-refractivity contribution in [1.82, 2.24) is 33.5 Å². The van der Waals surface area contributed by atoms with Gasteiger partial charge in [-0.2, -0.15) is 4.98 Å². The Morgan fingerprint density at radius 2 is 0.754 bits per heavy atom. The first-order chi connectivity index (χ1) is 30.2. The molecule has 12 aromatic rings. The van der Waals surface area contributed by atoms with Crippen molar-refractivity contribution in [2.45, 2.75) is 0 Å². The van der Waals surface area contributed by atoms with Gasteiger partial charge in [0.25, 0.3) is 0 Å². The lowest BCUT2D eigenvalue weighted by molar-refractivity contribution is 1.07. The third kappa shape index (κ3) is 5.82. The fourth-order valence-electron chi connectivity index (χ4n) is 8.66. The van der Waals surface area contributed by atoms with Crippen LogP contribution in [0.4, 0.5) is 0 Å². The lowest BCUT2D eigenvalue weighted by Crippen LogP contribution is -2.00. The smallest absolute Gasteiger partial charge is 0.222 e. The number of benzene rings is 8. The molecule has 0 amide bonds. The van der Waals surface area contributed by atoms with Gasteiger partial charge in [-0.05, 0) is 76.9 Å². The van der Waals surface area contributed by atoms with Gasteiger partial charge >= 0.3 is 0 Å². The third-order valence-electron chi connectivity index (χ3n) is 11.5. The Labute approximate surface area is 351 Å². The Bertz CT molecular complexity index is 3510. The van der Waals surface area contributed by atoms with Crippen LogP contribution in [0.15, 0.2) is 212 Å². The SMILES string of the molecule is c1ccc(-c2nc(-c3ccccc3)nc(-c3cccc(-c4cccc(-c5ccc6c(c5)n(-c5ccccc5)c5nc7c(c8ccccc8n7-c7ccccc7)n65)c4)c3)n2)cc1. The molecular formula is C54H35N7. The summed E-state index contributed by atoms with van der Waals surface area (Å²) in [6, 6.07) is 73.8. The zero-order valence-corrected chi connectivity index (χ0v) is 32.8. The van der Waals surface area contributed by atoms with Crippen LogP contribution in [-0.2, 0) is 0 Å². The molecule has 0 spiro atoms. The molecule has 0 saturated carbocycles. The van der Waals surface area contributed by atoms with E-state index in [0.717, 1.165) is 89.2 Å². The first-order valence-electron chi connectivity index (χ1n) is 20.4. The molecule has 8 aromatic carbocycles. The molecule has 0 aliphatic heterocycles. The van der Waals surface area contributed by atoms with Crippen LogP contribution >= 0.6 is 0 Å². The van der Waals surface area contributed by atoms with Gasteiger partial charge in [0.2, 0.25) is 5.78 Å². The molecule has 0 aliphatic rings. The van der Waals surface area contributed by atoms with E-state index in [1.807, 2.05) is 60.7 Å². The summed E-state index contributed by atoms with van der Waals surface area (Å²) in [5.74, 6) is 2.78. The van der Waals surface area contributed by atoms with E-state index in [1.54, 1.807) is 0 Å². The predicted molar refractivity (Wildman–Crippen MR) is 247 cm³/mol. The van der Waals surface area contributed by atoms with Crippen LogP contribution in [0.25, 0.3) is 107 Å². The van der Waals surface area contributed by atoms with Gasteiger partial charge in [-0.25, -0.2) is 15.0 Å². The second kappa shape index (κ2) is 14.1. The molecule has 0 unspecified atom stereocenters. The highest BCUT2D eigenvalue weighted by Gasteiger charge is 2.24. The Balaban J connectivity index is 0.991. The summed E-state index contributed by atoms with van der Waals surface area (Å²) in [6.45, 7) is 0. The fraction of sp³-hybridized carbons (Fsp3) is 0. The standard InChI is InChI=1S/C54H35N7/c1-5-17-36(18-6-1)50-55-51(37-19-7-2-8-20-37)57-52(56-50)42-24-16-23-40(34-42)38-21-15-22-39(33-38)41-31-32-47-48(35-41)60(44-27-11-4-12-28-44)54-58-53-49(61(47)54)45-29-13-14-30-46(45)59(53)43-25-9-3-10-26-43/h1-35H. The van der Waals surface area contributed by atoms with Crippen molar-refractivity contribution in [2.75, 3.05) is 0 Å². The van der Waals surface area contributed by atoms with E-state index < -0.39 is 0 Å². The molecule has 0 aliphatic carbocycles. The Morgan fingerprint density at radius 1 is 0.295 bits per heavy atom. The highest BCUT2D eigenvalue weighted by Crippen LogP contribution is 2.38. The topological polar surface area (TPSA) is 65.8 Å². The molecule has 4 aromatic heterocycles. The van der Waals surface area contributed by atoms with Crippen LogP contribution in [0.1, 0.15) is 0 Å². The van der Waals surface area contributed by atoms with Gasteiger partial charge in [0.1, 0.15) is 5.52 Å². The molecule has 4 heterocycles. The van der Waals surface area contributed by atoms with E-state index in [0.29, 0.717) is 17.5 Å². The maximum Gasteiger partial charge on any atom is 0.222 e. The largest absolute Gasteiger partial charge is 0.292 e. The predicted octanol–water partition coefficient (Wildman–Crippen LogP) is 12.9. The monoisotopic (exact) mass is 781 g/mol. The maximum atomic E-state index is 5.45. The van der Waals surface area contributed by atoms with E-state index in [-0.39, 0.29) is 0 Å². The normalized spacial score (nSPS) is 11.6. The van der Waals surface area contributed by atoms with Gasteiger partial charge < -0.3 is 0 Å². The zero-order valence-electron chi connectivity index (χ0n) is 32.8. The van der Waals surface area contributed by atoms with Crippen molar-refractivity contribution in [3.05, 3.63) is 212 Å². The molecule has 286 valence electrons. The van der Waals surface area contributed by atoms with Crippen molar-refractivity contribution in [3.8, 4) is 67.8 Å². The number of nitrogens with zero attached hydrogens (tertiary/aromatic N) is 7. The van der Waals surface area contributed by atoms with E-state index in [1.165, 1.54) is 0 Å². The number of rotatable bonds is 7. The van der Waals surface area contributed by atoms with Crippen molar-refractivity contribution < 1.29 is 0 Å². The second-order valence-corrected chi connectivity index (χ2v) is 15.2. The van der Waals surface area contributed by atoms with Crippen molar-refractivity contribution in [3.63, 3.8) is 0 Å². The Morgan fingerprint density at radius 3 is 1.36 bits per heavy atom. The van der Waals surface area contributed by atoms with Gasteiger partial charge in [-0.3, -0.25) is 13.5 Å². The molecular weight excluding hydrogens is 747 g/mol. The summed E-state index contributed by atoms with van der Waals surface area (Å²) in [5, 5.41) is 1.16. The zero-order chi connectivity index (χ0) is 40.3. The van der Waals surface area contributed by atoms with Crippen LogP contribution in [0.2, 0.25) is 0 Å². The number of aromatic nitrogens is 7. The number of imidazole rings is 2. The van der Waals surface area contributed by atoms with Crippen molar-refractivity contribution in [1.29, 1.82) is 0 Å². The fourth-order valence-corrected chi connectivity index (χ4v) is 8.66. The third-order valence-corrected chi connectivity index (χ3v) is 11.5. The first kappa shape index (κ1) is 34.6. The first-order valence-corrected chi connectivity index (χ1v) is 20.4. The van der Waals surface area contributed by atoms with E-state index in [9.17, 15) is 0 Å². The molecule has 0 N–H and O–H groups in total. The van der Waals surface area contributed by atoms with Crippen LogP contribution in [0, 0.1) is 0 Å². The molecule has 0 fully saturated rings. The quantitative estimate of drug-likeness (QED) is 0.161. The average Bonchev–Trinajstić information content (AvgIpc) is 3.98. The highest BCUT2D eigenvalue weighted by atomic mass is 15.2. The Hall–Kier alpha value is -8.42. The lowest BCUT2D eigenvalue weighted by atomic mass is 9.97. The minimum Gasteiger partial charge on any atom is -0.292 e. The molecule has 0 bridgehead atoms. The summed E-state index contributed by atoms with van der Waals surface area (Å²) in [4.78, 5) is 20.3. The summed E-state index contributed by atoms with van der Waals surface area (Å²) < 4.78 is 6.90. The van der Waals surface area contributed by atoms with E-state index >= 15 is 0 Å². The molecule has 12 rings (SSSR count). The van der Waals surface area contributed by atoms with Gasteiger partial charge in [-0.15, -0.1) is 0 Å². The van der Waals surface area contributed by atoms with Crippen LogP contribution in [-0.4, -0.2) is 33.5 Å². The average molecular weight is 782 g/mol. The van der Waals surface area contributed by atoms with Crippen LogP contribution in [0.5, 0.6) is 0 Å². The Kier molecular flexibility index (Phi) is 8.03. The van der Waals surface area contributed by atoms with Gasteiger partial charge in [0.15, 0.2) is 23.1 Å². The van der Waals surface area contributed by atoms with Crippen LogP contribution in [0.3, 0.4) is 0 Å². The van der Waals surface area contributed by atoms with E-state index in [2.05, 4.69) is 165 Å². The lowest BCUT2D eigenvalue weighted by Gasteiger charge is -2.11. The number of hydrogen-bond donors (Lipinski definition) is 0. The number of para-hydroxylation sites is 3. The molecule has 0 atom stereocenters. The summed E-state index contributed by atoms with van der Waals surface area (Å²) in [5.41, 5.74) is 14.7. The minimum absolute atomic E-state index is 0.629. The molecule has 7 heteroatoms. The summed E-state index contributed by atoms with van der Waals surface area (Å²) >= 11 is 0. The molecule has 0 radical (unpaired) electrons. The van der Waals surface area contributed by atoms with Gasteiger partial charge in [0.05, 0.1) is 16.6 Å². The molecule has 61 heavy (non-hydrogen) atoms. The van der Waals surface area contributed by atoms with Gasteiger partial charge in [0, 0.05) is 33.5 Å². The number of fused-ring (bicyclic) bond motifs is 7. The molecule has 0 saturated heterocycles. The second-order valence-electron chi connectivity index (χ2n) is 15.2. The summed E-state index contributed by atoms with van der Waals surface area (Å²) in [6.07, 6.45) is 0. The summed E-state index contributed by atoms with van der Waals surface area (Å²) in [7, 11) is 0.